The Morgan fingerprint density at radius 1 is 1.17 bits per heavy atom. The van der Waals surface area contributed by atoms with Crippen molar-refractivity contribution in [3.63, 3.8) is 0 Å². The van der Waals surface area contributed by atoms with Crippen LogP contribution in [0.1, 0.15) is 26.1 Å². The number of amides is 3. The van der Waals surface area contributed by atoms with Crippen molar-refractivity contribution in [1.29, 1.82) is 0 Å². The van der Waals surface area contributed by atoms with Gasteiger partial charge in [0, 0.05) is 6.54 Å². The Balaban J connectivity index is 1.31. The minimum atomic E-state index is -0.820. The summed E-state index contributed by atoms with van der Waals surface area (Å²) in [6.07, 6.45) is 5.00. The second-order valence-corrected chi connectivity index (χ2v) is 8.20. The van der Waals surface area contributed by atoms with Crippen LogP contribution in [-0.2, 0) is 27.5 Å². The molecule has 3 amide bonds. The molecule has 2 fully saturated rings. The lowest BCUT2D eigenvalue weighted by molar-refractivity contribution is -0.148. The van der Waals surface area contributed by atoms with Gasteiger partial charge < -0.3 is 9.88 Å². The lowest BCUT2D eigenvalue weighted by atomic mass is 9.85. The second kappa shape index (κ2) is 6.54. The molecule has 2 aliphatic carbocycles. The van der Waals surface area contributed by atoms with Crippen LogP contribution in [0, 0.1) is 23.7 Å². The molecule has 1 N–H and O–H groups in total. The van der Waals surface area contributed by atoms with Crippen LogP contribution in [0.25, 0.3) is 11.0 Å². The SMILES string of the molecule is CCn1c(CNC(=O)C(C)N2C(=O)C3C4C=CC(C4)C3C2=O)nc2ccccc21. The van der Waals surface area contributed by atoms with Gasteiger partial charge in [-0.25, -0.2) is 4.98 Å². The molecule has 5 unspecified atom stereocenters. The number of nitrogens with one attached hydrogen (secondary N) is 1. The van der Waals surface area contributed by atoms with Crippen LogP contribution in [0.5, 0.6) is 0 Å². The van der Waals surface area contributed by atoms with Crippen LogP contribution >= 0.6 is 0 Å². The largest absolute Gasteiger partial charge is 0.347 e. The summed E-state index contributed by atoms with van der Waals surface area (Å²) >= 11 is 0. The fraction of sp³-hybridized carbons (Fsp3) is 0.455. The van der Waals surface area contributed by atoms with Crippen LogP contribution in [-0.4, -0.2) is 38.2 Å². The molecule has 2 bridgehead atoms. The first-order valence-electron chi connectivity index (χ1n) is 10.3. The summed E-state index contributed by atoms with van der Waals surface area (Å²) in [5.74, 6) is -0.235. The lowest BCUT2D eigenvalue weighted by Crippen LogP contribution is -2.48. The Morgan fingerprint density at radius 2 is 1.83 bits per heavy atom. The van der Waals surface area contributed by atoms with Gasteiger partial charge in [-0.1, -0.05) is 24.3 Å². The number of hydrogen-bond acceptors (Lipinski definition) is 4. The van der Waals surface area contributed by atoms with Crippen molar-refractivity contribution in [2.45, 2.75) is 39.4 Å². The van der Waals surface area contributed by atoms with Gasteiger partial charge in [0.05, 0.1) is 29.4 Å². The Morgan fingerprint density at radius 3 is 2.48 bits per heavy atom. The maximum absolute atomic E-state index is 12.9. The van der Waals surface area contributed by atoms with E-state index in [1.54, 1.807) is 6.92 Å². The highest BCUT2D eigenvalue weighted by Gasteiger charge is 2.60. The molecule has 2 heterocycles. The van der Waals surface area contributed by atoms with Crippen LogP contribution in [0.2, 0.25) is 0 Å². The standard InChI is InChI=1S/C22H24N4O3/c1-3-25-16-7-5-4-6-15(16)24-17(25)11-23-20(27)12(2)26-21(28)18-13-8-9-14(10-13)19(18)22(26)29/h4-9,12-14,18-19H,3,10-11H2,1-2H3,(H,23,27). The summed E-state index contributed by atoms with van der Waals surface area (Å²) in [5.41, 5.74) is 1.90. The molecule has 0 radical (unpaired) electrons. The zero-order valence-electron chi connectivity index (χ0n) is 16.5. The first-order chi connectivity index (χ1) is 14.0. The molecular formula is C22H24N4O3. The molecule has 5 atom stereocenters. The van der Waals surface area contributed by atoms with E-state index in [1.165, 1.54) is 4.90 Å². The number of para-hydroxylation sites is 2. The maximum Gasteiger partial charge on any atom is 0.243 e. The number of carbonyl (C=O) groups excluding carboxylic acids is 3. The number of aromatic nitrogens is 2. The number of carbonyl (C=O) groups is 3. The number of imidazole rings is 1. The fourth-order valence-electron chi connectivity index (χ4n) is 5.35. The molecule has 1 saturated carbocycles. The summed E-state index contributed by atoms with van der Waals surface area (Å²) in [6, 6.07) is 7.02. The molecule has 150 valence electrons. The number of aryl methyl sites for hydroxylation is 1. The zero-order valence-corrected chi connectivity index (χ0v) is 16.5. The van der Waals surface area contributed by atoms with Gasteiger partial charge in [0.15, 0.2) is 0 Å². The topological polar surface area (TPSA) is 84.3 Å². The summed E-state index contributed by atoms with van der Waals surface area (Å²) in [4.78, 5) is 44.4. The van der Waals surface area contributed by atoms with E-state index in [2.05, 4.69) is 27.0 Å². The lowest BCUT2D eigenvalue weighted by Gasteiger charge is -2.23. The average molecular weight is 392 g/mol. The monoisotopic (exact) mass is 392 g/mol. The van der Waals surface area contributed by atoms with Crippen LogP contribution in [0.4, 0.5) is 0 Å². The average Bonchev–Trinajstić information content (AvgIpc) is 3.47. The molecule has 1 aromatic heterocycles. The number of rotatable bonds is 5. The van der Waals surface area contributed by atoms with Crippen molar-refractivity contribution in [2.75, 3.05) is 0 Å². The Kier molecular flexibility index (Phi) is 4.08. The van der Waals surface area contributed by atoms with Crippen molar-refractivity contribution in [3.05, 3.63) is 42.2 Å². The highest BCUT2D eigenvalue weighted by Crippen LogP contribution is 2.52. The van der Waals surface area contributed by atoms with Gasteiger partial charge in [0.1, 0.15) is 11.9 Å². The number of fused-ring (bicyclic) bond motifs is 6. The molecule has 7 nitrogen and oxygen atoms in total. The molecule has 0 spiro atoms. The molecular weight excluding hydrogens is 368 g/mol. The Hall–Kier alpha value is -2.96. The number of likely N-dealkylation sites (tertiary alicyclic amines) is 1. The smallest absolute Gasteiger partial charge is 0.243 e. The number of allylic oxidation sites excluding steroid dienone is 2. The highest BCUT2D eigenvalue weighted by molar-refractivity contribution is 6.09. The van der Waals surface area contributed by atoms with E-state index in [4.69, 9.17) is 0 Å². The number of hydrogen-bond donors (Lipinski definition) is 1. The molecule has 3 aliphatic rings. The maximum atomic E-state index is 12.9. The molecule has 2 aromatic rings. The van der Waals surface area contributed by atoms with Gasteiger partial charge in [-0.05, 0) is 44.2 Å². The van der Waals surface area contributed by atoms with Gasteiger partial charge in [0.25, 0.3) is 0 Å². The summed E-state index contributed by atoms with van der Waals surface area (Å²) < 4.78 is 2.06. The fourth-order valence-corrected chi connectivity index (χ4v) is 5.35. The quantitative estimate of drug-likeness (QED) is 0.622. The van der Waals surface area contributed by atoms with E-state index >= 15 is 0 Å². The van der Waals surface area contributed by atoms with E-state index in [-0.39, 0.29) is 47.9 Å². The zero-order chi connectivity index (χ0) is 20.3. The van der Waals surface area contributed by atoms with Gasteiger partial charge in [-0.3, -0.25) is 19.3 Å². The first-order valence-corrected chi connectivity index (χ1v) is 10.3. The molecule has 1 aromatic carbocycles. The van der Waals surface area contributed by atoms with E-state index in [1.807, 2.05) is 31.2 Å². The number of nitrogens with zero attached hydrogens (tertiary/aromatic N) is 3. The predicted octanol–water partition coefficient (Wildman–Crippen LogP) is 1.87. The molecule has 7 heteroatoms. The molecule has 1 saturated heterocycles. The third kappa shape index (κ3) is 2.56. The summed E-state index contributed by atoms with van der Waals surface area (Å²) in [6.45, 7) is 4.65. The van der Waals surface area contributed by atoms with E-state index in [0.717, 1.165) is 29.8 Å². The number of imide groups is 1. The van der Waals surface area contributed by atoms with Crippen LogP contribution < -0.4 is 5.32 Å². The van der Waals surface area contributed by atoms with Crippen molar-refractivity contribution < 1.29 is 14.4 Å². The van der Waals surface area contributed by atoms with Gasteiger partial charge in [-0.15, -0.1) is 0 Å². The predicted molar refractivity (Wildman–Crippen MR) is 106 cm³/mol. The van der Waals surface area contributed by atoms with Gasteiger partial charge in [-0.2, -0.15) is 0 Å². The van der Waals surface area contributed by atoms with Crippen LogP contribution in [0.15, 0.2) is 36.4 Å². The van der Waals surface area contributed by atoms with Crippen LogP contribution in [0.3, 0.4) is 0 Å². The minimum absolute atomic E-state index is 0.145. The van der Waals surface area contributed by atoms with Gasteiger partial charge >= 0.3 is 0 Å². The van der Waals surface area contributed by atoms with Crippen molar-refractivity contribution in [2.24, 2.45) is 23.7 Å². The van der Waals surface area contributed by atoms with Crippen molar-refractivity contribution >= 4 is 28.8 Å². The molecule has 1 aliphatic heterocycles. The Bertz CT molecular complexity index is 1030. The van der Waals surface area contributed by atoms with E-state index in [0.29, 0.717) is 0 Å². The molecule has 5 rings (SSSR count). The van der Waals surface area contributed by atoms with Gasteiger partial charge in [0.2, 0.25) is 17.7 Å². The molecule has 29 heavy (non-hydrogen) atoms. The summed E-state index contributed by atoms with van der Waals surface area (Å²) in [5, 5.41) is 2.87. The minimum Gasteiger partial charge on any atom is -0.347 e. The second-order valence-electron chi connectivity index (χ2n) is 8.20. The van der Waals surface area contributed by atoms with E-state index < -0.39 is 6.04 Å². The Labute approximate surface area is 168 Å². The highest BCUT2D eigenvalue weighted by atomic mass is 16.2. The first kappa shape index (κ1) is 18.1. The third-order valence-corrected chi connectivity index (χ3v) is 6.74. The third-order valence-electron chi connectivity index (χ3n) is 6.74. The van der Waals surface area contributed by atoms with Crippen molar-refractivity contribution in [3.8, 4) is 0 Å². The normalized spacial score (nSPS) is 28.4. The van der Waals surface area contributed by atoms with Crippen molar-refractivity contribution in [1.82, 2.24) is 19.8 Å². The number of benzene rings is 1. The van der Waals surface area contributed by atoms with E-state index in [9.17, 15) is 14.4 Å². The summed E-state index contributed by atoms with van der Waals surface area (Å²) in [7, 11) is 0.